The summed E-state index contributed by atoms with van der Waals surface area (Å²) >= 11 is 2.59. The van der Waals surface area contributed by atoms with Crippen molar-refractivity contribution in [2.75, 3.05) is 12.1 Å². The zero-order valence-corrected chi connectivity index (χ0v) is 6.41. The van der Waals surface area contributed by atoms with Crippen LogP contribution in [0.25, 0.3) is 0 Å². The molecule has 0 heterocycles. The van der Waals surface area contributed by atoms with Gasteiger partial charge in [-0.2, -0.15) is 13.2 Å². The largest absolute Gasteiger partial charge is 0.429 e. The Morgan fingerprint density at radius 2 is 2.00 bits per heavy atom. The third kappa shape index (κ3) is 3.17. The molecule has 0 aromatic carbocycles. The summed E-state index contributed by atoms with van der Waals surface area (Å²) in [5.41, 5.74) is -1.00. The Balaban J connectivity index is 4.21. The molecule has 0 amide bonds. The second-order valence-electron chi connectivity index (χ2n) is 1.38. The molecule has 0 radical (unpaired) electrons. The molecule has 2 nitrogen and oxygen atoms in total. The molecule has 0 aliphatic rings. The number of alkyl halides is 4. The lowest BCUT2D eigenvalue weighted by Crippen LogP contribution is -2.24. The first-order valence-electron chi connectivity index (χ1n) is 2.29. The van der Waals surface area contributed by atoms with E-state index < -0.39 is 23.9 Å². The fourth-order valence-corrected chi connectivity index (χ4v) is 0.788. The Kier molecular flexibility index (Phi) is 3.88. The number of aliphatic hydroxyl groups excluding tert-OH is 1. The van der Waals surface area contributed by atoms with Gasteiger partial charge in [0, 0.05) is 0 Å². The predicted octanol–water partition coefficient (Wildman–Crippen LogP) is 1.33. The highest BCUT2D eigenvalue weighted by Gasteiger charge is 2.34. The first kappa shape index (κ1) is 9.90. The number of rotatable bonds is 2. The molecule has 60 valence electrons. The van der Waals surface area contributed by atoms with Crippen LogP contribution in [0.3, 0.4) is 0 Å². The van der Waals surface area contributed by atoms with Crippen LogP contribution in [0.5, 0.6) is 0 Å². The maximum atomic E-state index is 11.6. The van der Waals surface area contributed by atoms with Crippen LogP contribution in [-0.4, -0.2) is 29.1 Å². The Morgan fingerprint density at radius 3 is 2.10 bits per heavy atom. The van der Waals surface area contributed by atoms with Crippen molar-refractivity contribution in [3.8, 4) is 0 Å². The van der Waals surface area contributed by atoms with Gasteiger partial charge in [0.2, 0.25) is 0 Å². The topological polar surface area (TPSA) is 32.6 Å². The van der Waals surface area contributed by atoms with Gasteiger partial charge < -0.3 is 5.11 Å². The number of nitrogens with zero attached hydrogens (tertiary/aromatic N) is 1. The van der Waals surface area contributed by atoms with Crippen molar-refractivity contribution in [1.29, 1.82) is 0 Å². The maximum absolute atomic E-state index is 11.6. The number of aliphatic hydroxyl groups is 1. The Bertz CT molecular complexity index is 133. The normalized spacial score (nSPS) is 13.9. The Labute approximate surface area is 63.9 Å². The maximum Gasteiger partial charge on any atom is 0.429 e. The number of halogens is 4. The average molecular weight is 220 g/mol. The van der Waals surface area contributed by atoms with Crippen molar-refractivity contribution in [2.45, 2.75) is 6.18 Å². The van der Waals surface area contributed by atoms with E-state index in [2.05, 4.69) is 20.9 Å². The van der Waals surface area contributed by atoms with Gasteiger partial charge in [0.25, 0.3) is 0 Å². The van der Waals surface area contributed by atoms with E-state index >= 15 is 0 Å². The summed E-state index contributed by atoms with van der Waals surface area (Å²) in [5, 5.41) is 7.63. The summed E-state index contributed by atoms with van der Waals surface area (Å²) in [6.45, 7) is -0.833. The van der Waals surface area contributed by atoms with E-state index in [0.717, 1.165) is 0 Å². The molecule has 6 heteroatoms. The van der Waals surface area contributed by atoms with Crippen LogP contribution in [0.4, 0.5) is 13.2 Å². The molecule has 1 N–H and O–H groups in total. The molecule has 0 saturated carbocycles. The lowest BCUT2D eigenvalue weighted by molar-refractivity contribution is -0.0594. The molecule has 0 fully saturated rings. The van der Waals surface area contributed by atoms with Gasteiger partial charge in [-0.05, 0) is 0 Å². The van der Waals surface area contributed by atoms with E-state index in [1.807, 2.05) is 0 Å². The van der Waals surface area contributed by atoms with Gasteiger partial charge in [0.15, 0.2) is 0 Å². The molecular weight excluding hydrogens is 215 g/mol. The fourth-order valence-electron chi connectivity index (χ4n) is 0.293. The van der Waals surface area contributed by atoms with Gasteiger partial charge in [0.05, 0.1) is 5.33 Å². The second-order valence-corrected chi connectivity index (χ2v) is 1.94. The molecule has 0 unspecified atom stereocenters. The minimum absolute atomic E-state index is 0.392. The van der Waals surface area contributed by atoms with Gasteiger partial charge in [0.1, 0.15) is 12.4 Å². The van der Waals surface area contributed by atoms with Crippen LogP contribution < -0.4 is 0 Å². The van der Waals surface area contributed by atoms with Crippen molar-refractivity contribution in [3.63, 3.8) is 0 Å². The summed E-state index contributed by atoms with van der Waals surface area (Å²) in [6, 6.07) is 0. The van der Waals surface area contributed by atoms with E-state index in [1.165, 1.54) is 0 Å². The first-order valence-corrected chi connectivity index (χ1v) is 3.42. The molecule has 0 aromatic heterocycles. The van der Waals surface area contributed by atoms with Crippen LogP contribution in [0.2, 0.25) is 0 Å². The van der Waals surface area contributed by atoms with Gasteiger partial charge in [-0.3, -0.25) is 4.99 Å². The SMILES string of the molecule is OC/N=C(/CBr)C(F)(F)F. The Morgan fingerprint density at radius 1 is 1.50 bits per heavy atom. The monoisotopic (exact) mass is 219 g/mol. The summed E-state index contributed by atoms with van der Waals surface area (Å²) in [5.74, 6) is 0. The number of hydrogen-bond acceptors (Lipinski definition) is 2. The van der Waals surface area contributed by atoms with Crippen molar-refractivity contribution in [1.82, 2.24) is 0 Å². The molecular formula is C4H5BrF3NO. The molecule has 0 atom stereocenters. The molecule has 0 aromatic rings. The van der Waals surface area contributed by atoms with Crippen LogP contribution in [0.15, 0.2) is 4.99 Å². The number of aliphatic imine (C=N–C) groups is 1. The fraction of sp³-hybridized carbons (Fsp3) is 0.750. The van der Waals surface area contributed by atoms with Crippen LogP contribution in [0.1, 0.15) is 0 Å². The Hall–Kier alpha value is -0.100. The molecule has 0 spiro atoms. The first-order chi connectivity index (χ1) is 4.52. The molecule has 0 rings (SSSR count). The van der Waals surface area contributed by atoms with Crippen molar-refractivity contribution >= 4 is 21.6 Å². The summed E-state index contributed by atoms with van der Waals surface area (Å²) in [7, 11) is 0. The standard InChI is InChI=1S/C4H5BrF3NO/c5-1-3(9-2-10)4(6,7)8/h10H,1-2H2/b9-3-. The van der Waals surface area contributed by atoms with Gasteiger partial charge in [-0.15, -0.1) is 0 Å². The summed E-state index contributed by atoms with van der Waals surface area (Å²) in [6.07, 6.45) is -4.44. The third-order valence-electron chi connectivity index (χ3n) is 0.715. The highest BCUT2D eigenvalue weighted by Crippen LogP contribution is 2.18. The second kappa shape index (κ2) is 3.92. The minimum atomic E-state index is -4.44. The lowest BCUT2D eigenvalue weighted by Gasteiger charge is -2.05. The van der Waals surface area contributed by atoms with Crippen LogP contribution in [-0.2, 0) is 0 Å². The zero-order valence-electron chi connectivity index (χ0n) is 4.82. The highest BCUT2D eigenvalue weighted by molar-refractivity contribution is 9.09. The van der Waals surface area contributed by atoms with Crippen LogP contribution >= 0.6 is 15.9 Å². The molecule has 0 aliphatic carbocycles. The predicted molar refractivity (Wildman–Crippen MR) is 34.4 cm³/mol. The van der Waals surface area contributed by atoms with E-state index in [9.17, 15) is 13.2 Å². The van der Waals surface area contributed by atoms with Gasteiger partial charge in [-0.1, -0.05) is 15.9 Å². The smallest absolute Gasteiger partial charge is 0.375 e. The van der Waals surface area contributed by atoms with E-state index in [1.54, 1.807) is 0 Å². The quantitative estimate of drug-likeness (QED) is 0.552. The minimum Gasteiger partial charge on any atom is -0.375 e. The number of hydrogen-bond donors (Lipinski definition) is 1. The van der Waals surface area contributed by atoms with Gasteiger partial charge in [-0.25, -0.2) is 0 Å². The van der Waals surface area contributed by atoms with Crippen molar-refractivity contribution in [3.05, 3.63) is 0 Å². The highest BCUT2D eigenvalue weighted by atomic mass is 79.9. The average Bonchev–Trinajstić information content (AvgIpc) is 1.80. The lowest BCUT2D eigenvalue weighted by atomic mass is 10.4. The van der Waals surface area contributed by atoms with Gasteiger partial charge >= 0.3 is 6.18 Å². The zero-order chi connectivity index (χ0) is 8.20. The summed E-state index contributed by atoms with van der Waals surface area (Å²) < 4.78 is 34.9. The summed E-state index contributed by atoms with van der Waals surface area (Å²) in [4.78, 5) is 2.81. The molecule has 0 saturated heterocycles. The van der Waals surface area contributed by atoms with Crippen molar-refractivity contribution in [2.24, 2.45) is 4.99 Å². The third-order valence-corrected chi connectivity index (χ3v) is 1.25. The molecule has 0 aliphatic heterocycles. The van der Waals surface area contributed by atoms with E-state index in [4.69, 9.17) is 5.11 Å². The van der Waals surface area contributed by atoms with E-state index in [0.29, 0.717) is 0 Å². The van der Waals surface area contributed by atoms with Crippen LogP contribution in [0, 0.1) is 0 Å². The van der Waals surface area contributed by atoms with E-state index in [-0.39, 0.29) is 0 Å². The molecule has 10 heavy (non-hydrogen) atoms. The molecule has 0 bridgehead atoms. The van der Waals surface area contributed by atoms with Crippen molar-refractivity contribution < 1.29 is 18.3 Å².